The van der Waals surface area contributed by atoms with Gasteiger partial charge >= 0.3 is 0 Å². The molecule has 1 N–H and O–H groups in total. The summed E-state index contributed by atoms with van der Waals surface area (Å²) in [4.78, 5) is 28.6. The Morgan fingerprint density at radius 2 is 1.58 bits per heavy atom. The van der Waals surface area contributed by atoms with E-state index in [1.165, 1.54) is 17.0 Å². The molecule has 0 radical (unpaired) electrons. The Hall–Kier alpha value is -3.71. The molecule has 1 atom stereocenters. The lowest BCUT2D eigenvalue weighted by molar-refractivity contribution is -0.143. The van der Waals surface area contributed by atoms with Crippen LogP contribution in [0.3, 0.4) is 0 Å². The molecule has 2 amide bonds. The van der Waals surface area contributed by atoms with Gasteiger partial charge in [0.2, 0.25) is 5.91 Å². The summed E-state index contributed by atoms with van der Waals surface area (Å²) in [6.45, 7) is 3.62. The van der Waals surface area contributed by atoms with Crippen LogP contribution in [0.15, 0.2) is 95.5 Å². The largest absolute Gasteiger partial charge is 0.483 e. The first-order valence-electron chi connectivity index (χ1n) is 12.5. The van der Waals surface area contributed by atoms with Crippen molar-refractivity contribution in [2.24, 2.45) is 0 Å². The molecule has 0 bridgehead atoms. The summed E-state index contributed by atoms with van der Waals surface area (Å²) in [5, 5.41) is 4.97. The van der Waals surface area contributed by atoms with Crippen molar-refractivity contribution < 1.29 is 18.7 Å². The number of hydrogen-bond donors (Lipinski definition) is 1. The summed E-state index contributed by atoms with van der Waals surface area (Å²) in [7, 11) is 0. The molecule has 0 aliphatic rings. The van der Waals surface area contributed by atoms with Crippen molar-refractivity contribution in [2.45, 2.75) is 38.9 Å². The monoisotopic (exact) mass is 576 g/mol. The Balaban J connectivity index is 1.63. The van der Waals surface area contributed by atoms with Crippen LogP contribution >= 0.6 is 15.9 Å². The number of halogens is 2. The highest BCUT2D eigenvalue weighted by atomic mass is 79.9. The average Bonchev–Trinajstić information content (AvgIpc) is 2.91. The van der Waals surface area contributed by atoms with Gasteiger partial charge in [0.25, 0.3) is 5.91 Å². The lowest BCUT2D eigenvalue weighted by Gasteiger charge is -2.32. The smallest absolute Gasteiger partial charge is 0.261 e. The zero-order chi connectivity index (χ0) is 27.1. The van der Waals surface area contributed by atoms with E-state index in [1.54, 1.807) is 12.1 Å². The molecule has 0 aliphatic heterocycles. The van der Waals surface area contributed by atoms with Gasteiger partial charge in [-0.05, 0) is 69.9 Å². The van der Waals surface area contributed by atoms with Crippen molar-refractivity contribution in [3.8, 4) is 5.75 Å². The number of ether oxygens (including phenoxy) is 1. The van der Waals surface area contributed by atoms with Gasteiger partial charge in [-0.3, -0.25) is 9.59 Å². The van der Waals surface area contributed by atoms with Crippen LogP contribution in [0.25, 0.3) is 10.8 Å². The van der Waals surface area contributed by atoms with Crippen LogP contribution in [-0.2, 0) is 22.6 Å². The van der Waals surface area contributed by atoms with E-state index in [0.717, 1.165) is 20.8 Å². The van der Waals surface area contributed by atoms with Crippen molar-refractivity contribution in [3.05, 3.63) is 112 Å². The van der Waals surface area contributed by atoms with E-state index in [9.17, 15) is 14.0 Å². The number of carbonyl (C=O) groups is 2. The van der Waals surface area contributed by atoms with E-state index in [2.05, 4.69) is 21.2 Å². The standard InChI is InChI=1S/C31H30BrFN2O3/c1-21(2)34-31(37)27(18-22-8-4-3-5-9-22)35(19-23-12-15-25(33)16-13-23)29(36)20-38-28-17-14-24-10-6-7-11-26(24)30(28)32/h3-17,21,27H,18-20H2,1-2H3,(H,34,37)/t27-/m0/s1. The van der Waals surface area contributed by atoms with Gasteiger partial charge < -0.3 is 15.0 Å². The molecule has 196 valence electrons. The van der Waals surface area contributed by atoms with Gasteiger partial charge in [-0.1, -0.05) is 72.8 Å². The molecule has 5 nitrogen and oxygen atoms in total. The van der Waals surface area contributed by atoms with E-state index in [0.29, 0.717) is 17.7 Å². The number of carbonyl (C=O) groups excluding carboxylic acids is 2. The Kier molecular flexibility index (Phi) is 9.13. The number of nitrogens with one attached hydrogen (secondary N) is 1. The third-order valence-electron chi connectivity index (χ3n) is 6.15. The zero-order valence-electron chi connectivity index (χ0n) is 21.4. The molecule has 0 aromatic heterocycles. The fourth-order valence-corrected chi connectivity index (χ4v) is 4.88. The average molecular weight is 577 g/mol. The fraction of sp³-hybridized carbons (Fsp3) is 0.226. The molecule has 0 unspecified atom stereocenters. The number of nitrogens with zero attached hydrogens (tertiary/aromatic N) is 1. The number of benzene rings is 4. The lowest BCUT2D eigenvalue weighted by Crippen LogP contribution is -2.52. The molecule has 4 rings (SSSR count). The van der Waals surface area contributed by atoms with Crippen LogP contribution in [-0.4, -0.2) is 35.4 Å². The molecule has 4 aromatic carbocycles. The van der Waals surface area contributed by atoms with E-state index in [-0.39, 0.29) is 36.8 Å². The Morgan fingerprint density at radius 3 is 2.29 bits per heavy atom. The third kappa shape index (κ3) is 6.98. The maximum atomic E-state index is 13.7. The number of hydrogen-bond acceptors (Lipinski definition) is 3. The minimum atomic E-state index is -0.791. The molecule has 7 heteroatoms. The van der Waals surface area contributed by atoms with E-state index in [4.69, 9.17) is 4.74 Å². The van der Waals surface area contributed by atoms with Crippen LogP contribution in [0.2, 0.25) is 0 Å². The van der Waals surface area contributed by atoms with Crippen molar-refractivity contribution in [1.82, 2.24) is 10.2 Å². The topological polar surface area (TPSA) is 58.6 Å². The van der Waals surface area contributed by atoms with Gasteiger partial charge in [-0.15, -0.1) is 0 Å². The fourth-order valence-electron chi connectivity index (χ4n) is 4.27. The van der Waals surface area contributed by atoms with Gasteiger partial charge in [-0.25, -0.2) is 4.39 Å². The molecule has 38 heavy (non-hydrogen) atoms. The molecule has 0 saturated heterocycles. The second-order valence-electron chi connectivity index (χ2n) is 9.40. The minimum absolute atomic E-state index is 0.103. The zero-order valence-corrected chi connectivity index (χ0v) is 23.0. The summed E-state index contributed by atoms with van der Waals surface area (Å²) >= 11 is 3.60. The second-order valence-corrected chi connectivity index (χ2v) is 10.2. The molecule has 0 aliphatic carbocycles. The van der Waals surface area contributed by atoms with Crippen LogP contribution < -0.4 is 10.1 Å². The molecular weight excluding hydrogens is 547 g/mol. The molecule has 0 fully saturated rings. The van der Waals surface area contributed by atoms with Crippen LogP contribution in [0.5, 0.6) is 5.75 Å². The normalized spacial score (nSPS) is 11.8. The van der Waals surface area contributed by atoms with Crippen molar-refractivity contribution in [2.75, 3.05) is 6.61 Å². The van der Waals surface area contributed by atoms with Crippen LogP contribution in [0.1, 0.15) is 25.0 Å². The first kappa shape index (κ1) is 27.3. The van der Waals surface area contributed by atoms with E-state index in [1.807, 2.05) is 80.6 Å². The summed E-state index contributed by atoms with van der Waals surface area (Å²) < 4.78 is 20.3. The highest BCUT2D eigenvalue weighted by Crippen LogP contribution is 2.33. The summed E-state index contributed by atoms with van der Waals surface area (Å²) in [5.41, 5.74) is 1.63. The molecule has 0 saturated carbocycles. The maximum Gasteiger partial charge on any atom is 0.261 e. The third-order valence-corrected chi connectivity index (χ3v) is 6.97. The van der Waals surface area contributed by atoms with E-state index < -0.39 is 6.04 Å². The molecule has 0 spiro atoms. The highest BCUT2D eigenvalue weighted by Gasteiger charge is 2.31. The SMILES string of the molecule is CC(C)NC(=O)[C@H](Cc1ccccc1)N(Cc1ccc(F)cc1)C(=O)COc1ccc2ccccc2c1Br. The molecule has 0 heterocycles. The predicted molar refractivity (Wildman–Crippen MR) is 151 cm³/mol. The Morgan fingerprint density at radius 1 is 0.895 bits per heavy atom. The van der Waals surface area contributed by atoms with Gasteiger partial charge in [0.15, 0.2) is 6.61 Å². The number of rotatable bonds is 10. The number of amides is 2. The first-order chi connectivity index (χ1) is 18.3. The van der Waals surface area contributed by atoms with Crippen LogP contribution in [0, 0.1) is 5.82 Å². The predicted octanol–water partition coefficient (Wildman–Crippen LogP) is 6.28. The van der Waals surface area contributed by atoms with Gasteiger partial charge in [0.1, 0.15) is 17.6 Å². The highest BCUT2D eigenvalue weighted by molar-refractivity contribution is 9.10. The van der Waals surface area contributed by atoms with Crippen molar-refractivity contribution in [1.29, 1.82) is 0 Å². The second kappa shape index (κ2) is 12.7. The maximum absolute atomic E-state index is 13.7. The van der Waals surface area contributed by atoms with Crippen LogP contribution in [0.4, 0.5) is 4.39 Å². The molecule has 4 aromatic rings. The Bertz CT molecular complexity index is 1390. The minimum Gasteiger partial charge on any atom is -0.483 e. The summed E-state index contributed by atoms with van der Waals surface area (Å²) in [6, 6.07) is 26.2. The van der Waals surface area contributed by atoms with E-state index >= 15 is 0 Å². The van der Waals surface area contributed by atoms with Gasteiger partial charge in [0.05, 0.1) is 4.47 Å². The van der Waals surface area contributed by atoms with Crippen molar-refractivity contribution in [3.63, 3.8) is 0 Å². The van der Waals surface area contributed by atoms with Gasteiger partial charge in [0, 0.05) is 19.0 Å². The Labute approximate surface area is 230 Å². The quantitative estimate of drug-likeness (QED) is 0.241. The summed E-state index contributed by atoms with van der Waals surface area (Å²) in [5.74, 6) is -0.444. The number of fused-ring (bicyclic) bond motifs is 1. The van der Waals surface area contributed by atoms with Gasteiger partial charge in [-0.2, -0.15) is 0 Å². The summed E-state index contributed by atoms with van der Waals surface area (Å²) in [6.07, 6.45) is 0.325. The lowest BCUT2D eigenvalue weighted by atomic mass is 10.0. The van der Waals surface area contributed by atoms with Crippen molar-refractivity contribution >= 4 is 38.5 Å². The molecular formula is C31H30BrFN2O3. The first-order valence-corrected chi connectivity index (χ1v) is 13.3.